The molecule has 38 heavy (non-hydrogen) atoms. The molecule has 3 aromatic carbocycles. The average molecular weight is 515 g/mol. The summed E-state index contributed by atoms with van der Waals surface area (Å²) in [6.07, 6.45) is 13.2. The molecule has 0 aliphatic heterocycles. The van der Waals surface area contributed by atoms with E-state index in [2.05, 4.69) is 62.4 Å². The van der Waals surface area contributed by atoms with Crippen LogP contribution >= 0.6 is 0 Å². The van der Waals surface area contributed by atoms with E-state index in [1.54, 1.807) is 0 Å². The number of carbonyl (C=O) groups is 1. The van der Waals surface area contributed by atoms with Gasteiger partial charge in [0, 0.05) is 0 Å². The maximum absolute atomic E-state index is 12.6. The van der Waals surface area contributed by atoms with Gasteiger partial charge in [-0.2, -0.15) is 0 Å². The third-order valence-electron chi connectivity index (χ3n) is 7.06. The molecule has 0 amide bonds. The van der Waals surface area contributed by atoms with Crippen LogP contribution in [0.1, 0.15) is 102 Å². The molecule has 0 radical (unpaired) electrons. The second-order valence-electron chi connectivity index (χ2n) is 10.3. The van der Waals surface area contributed by atoms with Crippen LogP contribution in [0.3, 0.4) is 0 Å². The van der Waals surface area contributed by atoms with Gasteiger partial charge in [0.2, 0.25) is 0 Å². The highest BCUT2D eigenvalue weighted by Crippen LogP contribution is 2.33. The van der Waals surface area contributed by atoms with Crippen molar-refractivity contribution in [1.29, 1.82) is 0 Å². The standard InChI is InChI=1S/C35H46O3/c1-4-6-8-10-11-15-27-37-32-25-23-30(24-26-32)34-18-14-13-17-33(34)29-19-21-31(22-20-29)35(36)38-28(3)16-12-9-7-5-2/h13-14,17-26,28H,4-12,15-16,27H2,1-3H3. The first-order chi connectivity index (χ1) is 18.6. The lowest BCUT2D eigenvalue weighted by Gasteiger charge is -2.14. The molecule has 1 atom stereocenters. The van der Waals surface area contributed by atoms with Crippen molar-refractivity contribution in [2.75, 3.05) is 6.61 Å². The smallest absolute Gasteiger partial charge is 0.338 e. The van der Waals surface area contributed by atoms with Crippen LogP contribution in [0.4, 0.5) is 0 Å². The summed E-state index contributed by atoms with van der Waals surface area (Å²) in [5.41, 5.74) is 5.11. The number of carbonyl (C=O) groups excluding carboxylic acids is 1. The Morgan fingerprint density at radius 3 is 1.79 bits per heavy atom. The molecule has 0 aromatic heterocycles. The van der Waals surface area contributed by atoms with E-state index in [1.807, 2.05) is 31.2 Å². The number of unbranched alkanes of at least 4 members (excludes halogenated alkanes) is 8. The molecule has 3 aromatic rings. The zero-order valence-electron chi connectivity index (χ0n) is 23.7. The Kier molecular flexibility index (Phi) is 13.0. The lowest BCUT2D eigenvalue weighted by Crippen LogP contribution is -2.15. The first kappa shape index (κ1) is 29.5. The summed E-state index contributed by atoms with van der Waals surface area (Å²) in [6.45, 7) is 7.21. The Labute approximate surface area is 230 Å². The molecule has 0 N–H and O–H groups in total. The molecule has 0 fully saturated rings. The van der Waals surface area contributed by atoms with Crippen molar-refractivity contribution in [3.8, 4) is 28.0 Å². The van der Waals surface area contributed by atoms with Crippen LogP contribution in [0.5, 0.6) is 5.75 Å². The molecule has 0 saturated heterocycles. The average Bonchev–Trinajstić information content (AvgIpc) is 2.95. The minimum absolute atomic E-state index is 0.0579. The number of rotatable bonds is 17. The number of esters is 1. The normalized spacial score (nSPS) is 11.8. The van der Waals surface area contributed by atoms with Crippen molar-refractivity contribution in [3.05, 3.63) is 78.4 Å². The van der Waals surface area contributed by atoms with Gasteiger partial charge in [-0.1, -0.05) is 114 Å². The molecular formula is C35H46O3. The van der Waals surface area contributed by atoms with Crippen molar-refractivity contribution in [1.82, 2.24) is 0 Å². The van der Waals surface area contributed by atoms with Crippen LogP contribution in [-0.2, 0) is 4.74 Å². The third kappa shape index (κ3) is 9.67. The largest absolute Gasteiger partial charge is 0.494 e. The Hall–Kier alpha value is -3.07. The van der Waals surface area contributed by atoms with Crippen LogP contribution in [0.25, 0.3) is 22.3 Å². The molecule has 0 bridgehead atoms. The molecule has 0 aliphatic rings. The van der Waals surface area contributed by atoms with Crippen molar-refractivity contribution in [2.45, 2.75) is 97.5 Å². The zero-order valence-corrected chi connectivity index (χ0v) is 23.7. The van der Waals surface area contributed by atoms with Crippen LogP contribution in [-0.4, -0.2) is 18.7 Å². The summed E-state index contributed by atoms with van der Waals surface area (Å²) in [4.78, 5) is 12.6. The van der Waals surface area contributed by atoms with Crippen LogP contribution in [0.2, 0.25) is 0 Å². The monoisotopic (exact) mass is 514 g/mol. The van der Waals surface area contributed by atoms with Gasteiger partial charge in [0.25, 0.3) is 0 Å². The van der Waals surface area contributed by atoms with E-state index in [0.29, 0.717) is 5.56 Å². The molecular weight excluding hydrogens is 468 g/mol. The molecule has 3 heteroatoms. The minimum atomic E-state index is -0.246. The zero-order chi connectivity index (χ0) is 27.0. The van der Waals surface area contributed by atoms with Gasteiger partial charge in [-0.15, -0.1) is 0 Å². The first-order valence-electron chi connectivity index (χ1n) is 14.8. The quantitative estimate of drug-likeness (QED) is 0.133. The molecule has 0 saturated carbocycles. The van der Waals surface area contributed by atoms with Crippen LogP contribution in [0.15, 0.2) is 72.8 Å². The summed E-state index contributed by atoms with van der Waals surface area (Å²) < 4.78 is 11.6. The van der Waals surface area contributed by atoms with Crippen molar-refractivity contribution in [3.63, 3.8) is 0 Å². The van der Waals surface area contributed by atoms with E-state index in [9.17, 15) is 4.79 Å². The van der Waals surface area contributed by atoms with E-state index >= 15 is 0 Å². The van der Waals surface area contributed by atoms with Gasteiger partial charge in [-0.25, -0.2) is 4.79 Å². The first-order valence-corrected chi connectivity index (χ1v) is 14.8. The molecule has 1 unspecified atom stereocenters. The van der Waals surface area contributed by atoms with Crippen molar-refractivity contribution in [2.24, 2.45) is 0 Å². The Bertz CT molecular complexity index is 1070. The summed E-state index contributed by atoms with van der Waals surface area (Å²) in [6, 6.07) is 24.5. The van der Waals surface area contributed by atoms with Gasteiger partial charge in [0.05, 0.1) is 18.3 Å². The fourth-order valence-electron chi connectivity index (χ4n) is 4.74. The minimum Gasteiger partial charge on any atom is -0.494 e. The molecule has 0 heterocycles. The predicted octanol–water partition coefficient (Wildman–Crippen LogP) is 10.3. The Balaban J connectivity index is 1.58. The van der Waals surface area contributed by atoms with Gasteiger partial charge in [0.15, 0.2) is 0 Å². The Morgan fingerprint density at radius 1 is 0.658 bits per heavy atom. The molecule has 204 valence electrons. The highest BCUT2D eigenvalue weighted by Gasteiger charge is 2.13. The van der Waals surface area contributed by atoms with Gasteiger partial charge in [-0.05, 0) is 72.7 Å². The fourth-order valence-corrected chi connectivity index (χ4v) is 4.74. The van der Waals surface area contributed by atoms with E-state index in [0.717, 1.165) is 53.9 Å². The maximum atomic E-state index is 12.6. The van der Waals surface area contributed by atoms with E-state index in [-0.39, 0.29) is 12.1 Å². The van der Waals surface area contributed by atoms with E-state index in [4.69, 9.17) is 9.47 Å². The summed E-state index contributed by atoms with van der Waals surface area (Å²) in [7, 11) is 0. The second-order valence-corrected chi connectivity index (χ2v) is 10.3. The van der Waals surface area contributed by atoms with Crippen LogP contribution < -0.4 is 4.74 Å². The maximum Gasteiger partial charge on any atom is 0.338 e. The summed E-state index contributed by atoms with van der Waals surface area (Å²) >= 11 is 0. The SMILES string of the molecule is CCCCCCCCOc1ccc(-c2ccccc2-c2ccc(C(=O)OC(C)CCCCCC)cc2)cc1. The number of hydrogen-bond donors (Lipinski definition) is 0. The summed E-state index contributed by atoms with van der Waals surface area (Å²) in [5.74, 6) is 0.673. The fraction of sp³-hybridized carbons (Fsp3) is 0.457. The molecule has 0 spiro atoms. The predicted molar refractivity (Wildman–Crippen MR) is 160 cm³/mol. The van der Waals surface area contributed by atoms with Gasteiger partial charge in [0.1, 0.15) is 5.75 Å². The topological polar surface area (TPSA) is 35.5 Å². The second kappa shape index (κ2) is 16.7. The van der Waals surface area contributed by atoms with E-state index in [1.165, 1.54) is 51.4 Å². The van der Waals surface area contributed by atoms with Gasteiger partial charge in [-0.3, -0.25) is 0 Å². The van der Waals surface area contributed by atoms with Gasteiger partial charge < -0.3 is 9.47 Å². The summed E-state index contributed by atoms with van der Waals surface area (Å²) in [5, 5.41) is 0. The van der Waals surface area contributed by atoms with Crippen molar-refractivity contribution < 1.29 is 14.3 Å². The lowest BCUT2D eigenvalue weighted by molar-refractivity contribution is 0.0319. The van der Waals surface area contributed by atoms with Gasteiger partial charge >= 0.3 is 5.97 Å². The van der Waals surface area contributed by atoms with E-state index < -0.39 is 0 Å². The highest BCUT2D eigenvalue weighted by molar-refractivity contribution is 5.91. The highest BCUT2D eigenvalue weighted by atomic mass is 16.5. The third-order valence-corrected chi connectivity index (χ3v) is 7.06. The number of benzene rings is 3. The lowest BCUT2D eigenvalue weighted by atomic mass is 9.94. The van der Waals surface area contributed by atoms with Crippen LogP contribution in [0, 0.1) is 0 Å². The molecule has 3 rings (SSSR count). The van der Waals surface area contributed by atoms with Crippen molar-refractivity contribution >= 4 is 5.97 Å². The Morgan fingerprint density at radius 2 is 1.18 bits per heavy atom. The molecule has 3 nitrogen and oxygen atoms in total. The number of hydrogen-bond acceptors (Lipinski definition) is 3. The molecule has 0 aliphatic carbocycles. The number of ether oxygens (including phenoxy) is 2.